The Hall–Kier alpha value is -1.93. The number of hydrogen-bond acceptors (Lipinski definition) is 6. The number of rotatable bonds is 7. The van der Waals surface area contributed by atoms with Gasteiger partial charge in [0.2, 0.25) is 5.16 Å². The van der Waals surface area contributed by atoms with Gasteiger partial charge in [-0.3, -0.25) is 0 Å². The summed E-state index contributed by atoms with van der Waals surface area (Å²) >= 11 is 1.25. The van der Waals surface area contributed by atoms with Gasteiger partial charge in [-0.2, -0.15) is 4.68 Å². The van der Waals surface area contributed by atoms with Crippen molar-refractivity contribution in [3.8, 4) is 5.69 Å². The van der Waals surface area contributed by atoms with Crippen molar-refractivity contribution in [2.45, 2.75) is 18.2 Å². The van der Waals surface area contributed by atoms with Crippen molar-refractivity contribution in [1.29, 1.82) is 0 Å². The van der Waals surface area contributed by atoms with E-state index in [2.05, 4.69) is 15.5 Å². The first-order valence-corrected chi connectivity index (χ1v) is 7.02. The standard InChI is InChI=1S/C12H14N4O3S/c1-2-19-10(11(17)18)8-20-12-13-14-15-16(12)9-6-4-3-5-7-9/h3-7,10H,2,8H2,1H3,(H,17,18). The molecular weight excluding hydrogens is 280 g/mol. The molecule has 1 atom stereocenters. The second-order valence-electron chi connectivity index (χ2n) is 3.80. The smallest absolute Gasteiger partial charge is 0.333 e. The normalized spacial score (nSPS) is 12.2. The molecule has 20 heavy (non-hydrogen) atoms. The highest BCUT2D eigenvalue weighted by molar-refractivity contribution is 7.99. The quantitative estimate of drug-likeness (QED) is 0.768. The minimum absolute atomic E-state index is 0.246. The molecule has 0 bridgehead atoms. The summed E-state index contributed by atoms with van der Waals surface area (Å²) in [7, 11) is 0. The fraction of sp³-hybridized carbons (Fsp3) is 0.333. The number of aliphatic carboxylic acids is 1. The lowest BCUT2D eigenvalue weighted by Crippen LogP contribution is -2.26. The average molecular weight is 294 g/mol. The number of benzene rings is 1. The van der Waals surface area contributed by atoms with Crippen LogP contribution in [0, 0.1) is 0 Å². The Balaban J connectivity index is 2.08. The van der Waals surface area contributed by atoms with E-state index in [1.54, 1.807) is 11.6 Å². The summed E-state index contributed by atoms with van der Waals surface area (Å²) in [5.41, 5.74) is 0.822. The highest BCUT2D eigenvalue weighted by Crippen LogP contribution is 2.19. The highest BCUT2D eigenvalue weighted by Gasteiger charge is 2.19. The third-order valence-electron chi connectivity index (χ3n) is 2.45. The SMILES string of the molecule is CCOC(CSc1nnnn1-c1ccccc1)C(=O)O. The lowest BCUT2D eigenvalue weighted by atomic mass is 10.3. The average Bonchev–Trinajstić information content (AvgIpc) is 2.92. The molecule has 0 aliphatic rings. The topological polar surface area (TPSA) is 90.1 Å². The van der Waals surface area contributed by atoms with E-state index < -0.39 is 12.1 Å². The molecule has 0 spiro atoms. The lowest BCUT2D eigenvalue weighted by molar-refractivity contribution is -0.148. The highest BCUT2D eigenvalue weighted by atomic mass is 32.2. The van der Waals surface area contributed by atoms with Gasteiger partial charge in [0.05, 0.1) is 5.69 Å². The third kappa shape index (κ3) is 3.55. The van der Waals surface area contributed by atoms with Crippen LogP contribution in [0.2, 0.25) is 0 Å². The minimum atomic E-state index is -0.988. The Bertz CT molecular complexity index is 561. The Morgan fingerprint density at radius 3 is 2.85 bits per heavy atom. The maximum absolute atomic E-state index is 11.0. The van der Waals surface area contributed by atoms with Crippen molar-refractivity contribution in [2.24, 2.45) is 0 Å². The summed E-state index contributed by atoms with van der Waals surface area (Å²) in [6, 6.07) is 9.41. The molecule has 1 heterocycles. The van der Waals surface area contributed by atoms with Crippen molar-refractivity contribution in [3.05, 3.63) is 30.3 Å². The van der Waals surface area contributed by atoms with Crippen LogP contribution in [0.3, 0.4) is 0 Å². The van der Waals surface area contributed by atoms with Gasteiger partial charge in [-0.25, -0.2) is 4.79 Å². The molecule has 0 aliphatic carbocycles. The summed E-state index contributed by atoms with van der Waals surface area (Å²) in [6.45, 7) is 2.11. The Morgan fingerprint density at radius 1 is 1.45 bits per heavy atom. The van der Waals surface area contributed by atoms with Crippen LogP contribution in [0.15, 0.2) is 35.5 Å². The van der Waals surface area contributed by atoms with Gasteiger partial charge in [-0.1, -0.05) is 30.0 Å². The zero-order valence-electron chi connectivity index (χ0n) is 10.8. The van der Waals surface area contributed by atoms with Gasteiger partial charge >= 0.3 is 5.97 Å². The summed E-state index contributed by atoms with van der Waals surface area (Å²) in [5.74, 6) is -0.741. The molecule has 0 amide bonds. The van der Waals surface area contributed by atoms with E-state index in [9.17, 15) is 4.79 Å². The van der Waals surface area contributed by atoms with E-state index in [0.717, 1.165) is 5.69 Å². The molecule has 0 saturated heterocycles. The molecule has 1 unspecified atom stereocenters. The van der Waals surface area contributed by atoms with Crippen LogP contribution in [-0.2, 0) is 9.53 Å². The van der Waals surface area contributed by atoms with E-state index in [0.29, 0.717) is 11.8 Å². The molecule has 0 saturated carbocycles. The Kier molecular flexibility index (Phi) is 5.08. The number of carbonyl (C=O) groups is 1. The van der Waals surface area contributed by atoms with Crippen LogP contribution in [0.4, 0.5) is 0 Å². The first kappa shape index (κ1) is 14.5. The van der Waals surface area contributed by atoms with E-state index in [1.807, 2.05) is 30.3 Å². The number of thioether (sulfide) groups is 1. The van der Waals surface area contributed by atoms with Crippen LogP contribution >= 0.6 is 11.8 Å². The van der Waals surface area contributed by atoms with E-state index >= 15 is 0 Å². The Morgan fingerprint density at radius 2 is 2.20 bits per heavy atom. The molecule has 0 aliphatic heterocycles. The number of tetrazole rings is 1. The van der Waals surface area contributed by atoms with Crippen molar-refractivity contribution in [1.82, 2.24) is 20.2 Å². The van der Waals surface area contributed by atoms with E-state index in [4.69, 9.17) is 9.84 Å². The number of aromatic nitrogens is 4. The van der Waals surface area contributed by atoms with Gasteiger partial charge in [-0.05, 0) is 29.5 Å². The van der Waals surface area contributed by atoms with Gasteiger partial charge in [0.1, 0.15) is 0 Å². The zero-order valence-corrected chi connectivity index (χ0v) is 11.7. The molecule has 0 radical (unpaired) electrons. The molecular formula is C12H14N4O3S. The van der Waals surface area contributed by atoms with Crippen molar-refractivity contribution >= 4 is 17.7 Å². The number of nitrogens with zero attached hydrogens (tertiary/aromatic N) is 4. The van der Waals surface area contributed by atoms with Crippen LogP contribution in [-0.4, -0.2) is 49.7 Å². The van der Waals surface area contributed by atoms with E-state index in [1.165, 1.54) is 11.8 Å². The largest absolute Gasteiger partial charge is 0.479 e. The summed E-state index contributed by atoms with van der Waals surface area (Å²) in [5, 5.41) is 21.0. The van der Waals surface area contributed by atoms with Crippen LogP contribution in [0.1, 0.15) is 6.92 Å². The third-order valence-corrected chi connectivity index (χ3v) is 3.43. The lowest BCUT2D eigenvalue weighted by Gasteiger charge is -2.11. The number of carboxylic acid groups (broad SMARTS) is 1. The van der Waals surface area contributed by atoms with Crippen molar-refractivity contribution in [3.63, 3.8) is 0 Å². The fourth-order valence-corrected chi connectivity index (χ4v) is 2.44. The summed E-state index contributed by atoms with van der Waals surface area (Å²) in [4.78, 5) is 11.0. The van der Waals surface area contributed by atoms with Gasteiger partial charge in [0.25, 0.3) is 0 Å². The molecule has 2 aromatic rings. The first-order valence-electron chi connectivity index (χ1n) is 6.03. The predicted molar refractivity (Wildman–Crippen MR) is 72.9 cm³/mol. The first-order chi connectivity index (χ1) is 9.72. The van der Waals surface area contributed by atoms with Crippen LogP contribution in [0.25, 0.3) is 5.69 Å². The van der Waals surface area contributed by atoms with Crippen LogP contribution in [0.5, 0.6) is 0 Å². The molecule has 1 aromatic heterocycles. The van der Waals surface area contributed by atoms with Crippen molar-refractivity contribution in [2.75, 3.05) is 12.4 Å². The Labute approximate surface area is 119 Å². The van der Waals surface area contributed by atoms with Gasteiger partial charge in [0, 0.05) is 12.4 Å². The molecule has 0 fully saturated rings. The van der Waals surface area contributed by atoms with E-state index in [-0.39, 0.29) is 5.75 Å². The van der Waals surface area contributed by atoms with Crippen LogP contribution < -0.4 is 0 Å². The van der Waals surface area contributed by atoms with Gasteiger partial charge in [-0.15, -0.1) is 5.10 Å². The number of para-hydroxylation sites is 1. The molecule has 8 heteroatoms. The summed E-state index contributed by atoms with van der Waals surface area (Å²) < 4.78 is 6.71. The maximum Gasteiger partial charge on any atom is 0.333 e. The molecule has 7 nitrogen and oxygen atoms in total. The number of hydrogen-bond donors (Lipinski definition) is 1. The second-order valence-corrected chi connectivity index (χ2v) is 4.79. The molecule has 106 valence electrons. The monoisotopic (exact) mass is 294 g/mol. The number of carboxylic acids is 1. The number of ether oxygens (including phenoxy) is 1. The molecule has 1 N–H and O–H groups in total. The summed E-state index contributed by atoms with van der Waals surface area (Å²) in [6.07, 6.45) is -0.870. The fourth-order valence-electron chi connectivity index (χ4n) is 1.54. The van der Waals surface area contributed by atoms with Gasteiger partial charge < -0.3 is 9.84 Å². The molecule has 2 rings (SSSR count). The van der Waals surface area contributed by atoms with Gasteiger partial charge in [0.15, 0.2) is 6.10 Å². The predicted octanol–water partition coefficient (Wildman–Crippen LogP) is 1.24. The minimum Gasteiger partial charge on any atom is -0.479 e. The van der Waals surface area contributed by atoms with Crippen molar-refractivity contribution < 1.29 is 14.6 Å². The maximum atomic E-state index is 11.0. The second kappa shape index (κ2) is 7.01. The molecule has 1 aromatic carbocycles. The zero-order chi connectivity index (χ0) is 14.4.